The summed E-state index contributed by atoms with van der Waals surface area (Å²) in [6.45, 7) is 0. The van der Waals surface area contributed by atoms with Crippen molar-refractivity contribution in [3.05, 3.63) is 69.0 Å². The molecular formula is C16H8Cl2F2N2OS. The smallest absolute Gasteiger partial charge is 0.259 e. The summed E-state index contributed by atoms with van der Waals surface area (Å²) in [7, 11) is 0. The van der Waals surface area contributed by atoms with E-state index in [0.29, 0.717) is 11.3 Å². The highest BCUT2D eigenvalue weighted by Crippen LogP contribution is 2.28. The van der Waals surface area contributed by atoms with Crippen molar-refractivity contribution >= 4 is 45.6 Å². The number of halogens is 4. The number of amides is 1. The second kappa shape index (κ2) is 6.84. The Morgan fingerprint density at radius 1 is 1.12 bits per heavy atom. The molecule has 1 aromatic heterocycles. The lowest BCUT2D eigenvalue weighted by Crippen LogP contribution is -2.12. The lowest BCUT2D eigenvalue weighted by molar-refractivity contribution is 0.102. The van der Waals surface area contributed by atoms with Crippen LogP contribution in [-0.2, 0) is 0 Å². The third-order valence-corrected chi connectivity index (χ3v) is 4.46. The standard InChI is InChI=1S/C16H8Cl2F2N2OS/c17-11-6-12(18)13(20)5-10(11)15(23)22-16-21-14(7-24-16)8-2-1-3-9(19)4-8/h1-7H,(H,21,22,23). The average Bonchev–Trinajstić information content (AvgIpc) is 2.99. The number of aromatic nitrogens is 1. The van der Waals surface area contributed by atoms with Gasteiger partial charge in [-0.05, 0) is 24.3 Å². The summed E-state index contributed by atoms with van der Waals surface area (Å²) in [6.07, 6.45) is 0. The van der Waals surface area contributed by atoms with E-state index in [1.54, 1.807) is 17.5 Å². The SMILES string of the molecule is O=C(Nc1nc(-c2cccc(F)c2)cs1)c1cc(F)c(Cl)cc1Cl. The highest BCUT2D eigenvalue weighted by atomic mass is 35.5. The molecule has 122 valence electrons. The number of anilines is 1. The molecule has 3 rings (SSSR count). The van der Waals surface area contributed by atoms with Gasteiger partial charge >= 0.3 is 0 Å². The third-order valence-electron chi connectivity index (χ3n) is 3.10. The van der Waals surface area contributed by atoms with Gasteiger partial charge in [-0.15, -0.1) is 11.3 Å². The van der Waals surface area contributed by atoms with Crippen LogP contribution in [0.5, 0.6) is 0 Å². The van der Waals surface area contributed by atoms with Crippen LogP contribution in [0.15, 0.2) is 41.8 Å². The van der Waals surface area contributed by atoms with E-state index in [4.69, 9.17) is 23.2 Å². The summed E-state index contributed by atoms with van der Waals surface area (Å²) in [5.41, 5.74) is 1.05. The molecule has 0 fully saturated rings. The molecular weight excluding hydrogens is 377 g/mol. The summed E-state index contributed by atoms with van der Waals surface area (Å²) in [5.74, 6) is -1.74. The summed E-state index contributed by atoms with van der Waals surface area (Å²) >= 11 is 12.7. The molecule has 3 aromatic rings. The fourth-order valence-electron chi connectivity index (χ4n) is 1.97. The van der Waals surface area contributed by atoms with Crippen LogP contribution in [0.4, 0.5) is 13.9 Å². The molecule has 1 amide bonds. The number of carbonyl (C=O) groups excluding carboxylic acids is 1. The maximum atomic E-state index is 13.5. The summed E-state index contributed by atoms with van der Waals surface area (Å²) in [5, 5.41) is 4.35. The Morgan fingerprint density at radius 2 is 1.92 bits per heavy atom. The van der Waals surface area contributed by atoms with Gasteiger partial charge in [0.25, 0.3) is 5.91 Å². The van der Waals surface area contributed by atoms with Crippen molar-refractivity contribution in [1.82, 2.24) is 4.98 Å². The number of benzene rings is 2. The van der Waals surface area contributed by atoms with E-state index in [-0.39, 0.29) is 26.6 Å². The molecule has 2 aromatic carbocycles. The van der Waals surface area contributed by atoms with Crippen LogP contribution in [0.25, 0.3) is 11.3 Å². The topological polar surface area (TPSA) is 42.0 Å². The van der Waals surface area contributed by atoms with E-state index in [0.717, 1.165) is 23.5 Å². The van der Waals surface area contributed by atoms with Crippen molar-refractivity contribution in [3.8, 4) is 11.3 Å². The van der Waals surface area contributed by atoms with Crippen LogP contribution >= 0.6 is 34.5 Å². The number of thiazole rings is 1. The number of hydrogen-bond acceptors (Lipinski definition) is 3. The normalized spacial score (nSPS) is 10.7. The lowest BCUT2D eigenvalue weighted by atomic mass is 10.2. The Labute approximate surface area is 149 Å². The molecule has 3 nitrogen and oxygen atoms in total. The molecule has 8 heteroatoms. The van der Waals surface area contributed by atoms with Gasteiger partial charge in [0, 0.05) is 10.9 Å². The average molecular weight is 385 g/mol. The van der Waals surface area contributed by atoms with E-state index < -0.39 is 11.7 Å². The van der Waals surface area contributed by atoms with Gasteiger partial charge in [0.15, 0.2) is 5.13 Å². The minimum Gasteiger partial charge on any atom is -0.298 e. The first-order valence-corrected chi connectivity index (χ1v) is 8.25. The molecule has 0 unspecified atom stereocenters. The van der Waals surface area contributed by atoms with Gasteiger partial charge in [-0.1, -0.05) is 35.3 Å². The molecule has 1 heterocycles. The first kappa shape index (κ1) is 16.8. The van der Waals surface area contributed by atoms with Gasteiger partial charge in [0.2, 0.25) is 0 Å². The zero-order chi connectivity index (χ0) is 17.3. The molecule has 0 saturated carbocycles. The Bertz CT molecular complexity index is 930. The molecule has 24 heavy (non-hydrogen) atoms. The van der Waals surface area contributed by atoms with E-state index in [2.05, 4.69) is 10.3 Å². The highest BCUT2D eigenvalue weighted by molar-refractivity contribution is 7.14. The third kappa shape index (κ3) is 3.56. The Kier molecular flexibility index (Phi) is 4.80. The monoisotopic (exact) mass is 384 g/mol. The van der Waals surface area contributed by atoms with Gasteiger partial charge in [-0.2, -0.15) is 0 Å². The maximum Gasteiger partial charge on any atom is 0.259 e. The number of carbonyl (C=O) groups is 1. The molecule has 0 saturated heterocycles. The molecule has 0 bridgehead atoms. The van der Waals surface area contributed by atoms with E-state index in [1.807, 2.05) is 0 Å². The van der Waals surface area contributed by atoms with Gasteiger partial charge in [-0.25, -0.2) is 13.8 Å². The Balaban J connectivity index is 1.82. The van der Waals surface area contributed by atoms with Crippen LogP contribution in [0.1, 0.15) is 10.4 Å². The highest BCUT2D eigenvalue weighted by Gasteiger charge is 2.16. The molecule has 0 atom stereocenters. The van der Waals surface area contributed by atoms with Crippen molar-refractivity contribution in [2.45, 2.75) is 0 Å². The Hall–Kier alpha value is -2.02. The minimum atomic E-state index is -0.745. The summed E-state index contributed by atoms with van der Waals surface area (Å²) < 4.78 is 26.8. The second-order valence-corrected chi connectivity index (χ2v) is 6.42. The predicted molar refractivity (Wildman–Crippen MR) is 91.9 cm³/mol. The minimum absolute atomic E-state index is 0.0285. The van der Waals surface area contributed by atoms with Crippen molar-refractivity contribution in [2.75, 3.05) is 5.32 Å². The van der Waals surface area contributed by atoms with Crippen molar-refractivity contribution < 1.29 is 13.6 Å². The molecule has 0 aliphatic heterocycles. The fraction of sp³-hybridized carbons (Fsp3) is 0. The molecule has 0 radical (unpaired) electrons. The predicted octanol–water partition coefficient (Wildman–Crippen LogP) is 5.65. The van der Waals surface area contributed by atoms with Crippen LogP contribution in [-0.4, -0.2) is 10.9 Å². The maximum absolute atomic E-state index is 13.5. The fourth-order valence-corrected chi connectivity index (χ4v) is 3.16. The largest absolute Gasteiger partial charge is 0.298 e. The van der Waals surface area contributed by atoms with E-state index in [9.17, 15) is 13.6 Å². The number of rotatable bonds is 3. The summed E-state index contributed by atoms with van der Waals surface area (Å²) in [6, 6.07) is 8.06. The van der Waals surface area contributed by atoms with Crippen molar-refractivity contribution in [1.29, 1.82) is 0 Å². The van der Waals surface area contributed by atoms with E-state index >= 15 is 0 Å². The lowest BCUT2D eigenvalue weighted by Gasteiger charge is -2.05. The van der Waals surface area contributed by atoms with Crippen LogP contribution in [0.3, 0.4) is 0 Å². The zero-order valence-corrected chi connectivity index (χ0v) is 14.1. The quantitative estimate of drug-likeness (QED) is 0.593. The van der Waals surface area contributed by atoms with Gasteiger partial charge in [-0.3, -0.25) is 10.1 Å². The second-order valence-electron chi connectivity index (χ2n) is 4.75. The Morgan fingerprint density at radius 3 is 2.67 bits per heavy atom. The van der Waals surface area contributed by atoms with Gasteiger partial charge in [0.05, 0.1) is 21.3 Å². The molecule has 0 aliphatic carbocycles. The van der Waals surface area contributed by atoms with Crippen LogP contribution in [0, 0.1) is 11.6 Å². The summed E-state index contributed by atoms with van der Waals surface area (Å²) in [4.78, 5) is 16.4. The van der Waals surface area contributed by atoms with Crippen molar-refractivity contribution in [2.24, 2.45) is 0 Å². The molecule has 0 spiro atoms. The van der Waals surface area contributed by atoms with Crippen molar-refractivity contribution in [3.63, 3.8) is 0 Å². The van der Waals surface area contributed by atoms with Crippen LogP contribution in [0.2, 0.25) is 10.0 Å². The van der Waals surface area contributed by atoms with E-state index in [1.165, 1.54) is 12.1 Å². The number of nitrogens with zero attached hydrogens (tertiary/aromatic N) is 1. The first-order valence-electron chi connectivity index (χ1n) is 6.61. The van der Waals surface area contributed by atoms with Gasteiger partial charge in [0.1, 0.15) is 11.6 Å². The molecule has 0 aliphatic rings. The number of nitrogens with one attached hydrogen (secondary N) is 1. The first-order chi connectivity index (χ1) is 11.4. The zero-order valence-electron chi connectivity index (χ0n) is 11.8. The molecule has 1 N–H and O–H groups in total. The van der Waals surface area contributed by atoms with Gasteiger partial charge < -0.3 is 0 Å². The number of hydrogen-bond donors (Lipinski definition) is 1. The van der Waals surface area contributed by atoms with Crippen LogP contribution < -0.4 is 5.32 Å².